The molecule has 0 aliphatic carbocycles. The van der Waals surface area contributed by atoms with Crippen LogP contribution in [0.1, 0.15) is 12.5 Å². The highest BCUT2D eigenvalue weighted by Crippen LogP contribution is 2.32. The van der Waals surface area contributed by atoms with Gasteiger partial charge in [-0.3, -0.25) is 14.5 Å². The number of methoxy groups -OCH3 is 2. The molecule has 0 aromatic heterocycles. The molecule has 126 valence electrons. The second-order valence-electron chi connectivity index (χ2n) is 4.91. The molecule has 1 saturated heterocycles. The fourth-order valence-electron chi connectivity index (χ4n) is 2.07. The largest absolute Gasteiger partial charge is 0.497 e. The number of rotatable bonds is 5. The standard InChI is InChI=1S/C17H17NO5S/c1-11(16(20)23-3)18-15(19)14(24-17(18)21)6-4-5-12-7-9-13(22-2)10-8-12/h4-11H,1-3H3/b5-4+,14-6+/t11-/m1/s1. The summed E-state index contributed by atoms with van der Waals surface area (Å²) in [6.07, 6.45) is 5.04. The Morgan fingerprint density at radius 2 is 1.88 bits per heavy atom. The van der Waals surface area contributed by atoms with Crippen LogP contribution in [0, 0.1) is 0 Å². The number of imide groups is 1. The molecule has 1 aromatic rings. The number of allylic oxidation sites excluding steroid dienone is 2. The number of hydrogen-bond donors (Lipinski definition) is 0. The van der Waals surface area contributed by atoms with Crippen LogP contribution < -0.4 is 4.74 Å². The average Bonchev–Trinajstić information content (AvgIpc) is 2.88. The Morgan fingerprint density at radius 1 is 1.21 bits per heavy atom. The molecule has 1 aliphatic rings. The average molecular weight is 347 g/mol. The molecule has 1 atom stereocenters. The normalized spacial score (nSPS) is 17.6. The van der Waals surface area contributed by atoms with Crippen molar-refractivity contribution in [2.75, 3.05) is 14.2 Å². The molecule has 2 amide bonds. The van der Waals surface area contributed by atoms with Gasteiger partial charge in [-0.15, -0.1) is 0 Å². The molecule has 0 unspecified atom stereocenters. The molecule has 6 nitrogen and oxygen atoms in total. The van der Waals surface area contributed by atoms with Crippen LogP contribution >= 0.6 is 11.8 Å². The predicted molar refractivity (Wildman–Crippen MR) is 91.4 cm³/mol. The SMILES string of the molecule is COC(=O)[C@@H](C)N1C(=O)S/C(=C/C=C/c2ccc(OC)cc2)C1=O. The Labute approximate surface area is 144 Å². The zero-order valence-electron chi connectivity index (χ0n) is 13.5. The Kier molecular flexibility index (Phi) is 5.81. The van der Waals surface area contributed by atoms with Crippen molar-refractivity contribution in [3.8, 4) is 5.75 Å². The predicted octanol–water partition coefficient (Wildman–Crippen LogP) is 2.85. The number of hydrogen-bond acceptors (Lipinski definition) is 6. The molecule has 1 heterocycles. The first kappa shape index (κ1) is 17.8. The molecule has 0 saturated carbocycles. The van der Waals surface area contributed by atoms with Gasteiger partial charge in [0.05, 0.1) is 19.1 Å². The van der Waals surface area contributed by atoms with Crippen LogP contribution in [0.15, 0.2) is 41.3 Å². The smallest absolute Gasteiger partial charge is 0.328 e. The van der Waals surface area contributed by atoms with E-state index in [0.717, 1.165) is 28.0 Å². The van der Waals surface area contributed by atoms with Gasteiger partial charge in [-0.05, 0) is 42.5 Å². The lowest BCUT2D eigenvalue weighted by Crippen LogP contribution is -2.42. The molecule has 1 aromatic carbocycles. The van der Waals surface area contributed by atoms with Crippen molar-refractivity contribution in [1.29, 1.82) is 0 Å². The highest BCUT2D eigenvalue weighted by Gasteiger charge is 2.40. The summed E-state index contributed by atoms with van der Waals surface area (Å²) in [6, 6.07) is 6.44. The Balaban J connectivity index is 2.10. The first-order valence-corrected chi connectivity index (χ1v) is 7.95. The molecule has 24 heavy (non-hydrogen) atoms. The number of ether oxygens (including phenoxy) is 2. The molecule has 2 rings (SSSR count). The number of carbonyl (C=O) groups excluding carboxylic acids is 3. The summed E-state index contributed by atoms with van der Waals surface area (Å²) < 4.78 is 9.65. The molecule has 0 radical (unpaired) electrons. The monoisotopic (exact) mass is 347 g/mol. The number of amides is 2. The van der Waals surface area contributed by atoms with Crippen LogP contribution in [0.5, 0.6) is 5.75 Å². The quantitative estimate of drug-likeness (QED) is 0.602. The highest BCUT2D eigenvalue weighted by molar-refractivity contribution is 8.18. The first-order chi connectivity index (χ1) is 11.5. The van der Waals surface area contributed by atoms with Gasteiger partial charge in [-0.2, -0.15) is 0 Å². The third-order valence-electron chi connectivity index (χ3n) is 3.41. The zero-order chi connectivity index (χ0) is 17.7. The summed E-state index contributed by atoms with van der Waals surface area (Å²) >= 11 is 0.799. The van der Waals surface area contributed by atoms with E-state index in [-0.39, 0.29) is 4.91 Å². The van der Waals surface area contributed by atoms with E-state index in [1.54, 1.807) is 25.3 Å². The van der Waals surface area contributed by atoms with Gasteiger partial charge >= 0.3 is 5.97 Å². The summed E-state index contributed by atoms with van der Waals surface area (Å²) in [5, 5.41) is -0.484. The van der Waals surface area contributed by atoms with Crippen molar-refractivity contribution in [3.05, 3.63) is 46.9 Å². The van der Waals surface area contributed by atoms with Gasteiger partial charge in [-0.25, -0.2) is 4.79 Å². The van der Waals surface area contributed by atoms with Crippen LogP contribution in [0.2, 0.25) is 0 Å². The van der Waals surface area contributed by atoms with E-state index in [1.165, 1.54) is 14.0 Å². The van der Waals surface area contributed by atoms with Gasteiger partial charge in [0, 0.05) is 0 Å². The summed E-state index contributed by atoms with van der Waals surface area (Å²) in [4.78, 5) is 36.9. The van der Waals surface area contributed by atoms with E-state index in [0.29, 0.717) is 0 Å². The minimum atomic E-state index is -0.945. The maximum absolute atomic E-state index is 12.3. The van der Waals surface area contributed by atoms with E-state index in [9.17, 15) is 14.4 Å². The molecule has 7 heteroatoms. The second kappa shape index (κ2) is 7.83. The van der Waals surface area contributed by atoms with E-state index in [1.807, 2.05) is 24.3 Å². The van der Waals surface area contributed by atoms with Crippen LogP contribution in [-0.2, 0) is 14.3 Å². The van der Waals surface area contributed by atoms with Crippen molar-refractivity contribution < 1.29 is 23.9 Å². The van der Waals surface area contributed by atoms with Crippen molar-refractivity contribution in [3.63, 3.8) is 0 Å². The Hall–Kier alpha value is -2.54. The minimum Gasteiger partial charge on any atom is -0.497 e. The van der Waals surface area contributed by atoms with E-state index in [4.69, 9.17) is 4.74 Å². The van der Waals surface area contributed by atoms with Gasteiger partial charge < -0.3 is 9.47 Å². The van der Waals surface area contributed by atoms with Crippen molar-refractivity contribution in [2.24, 2.45) is 0 Å². The van der Waals surface area contributed by atoms with Gasteiger partial charge in [0.2, 0.25) is 0 Å². The minimum absolute atomic E-state index is 0.264. The fourth-order valence-corrected chi connectivity index (χ4v) is 2.93. The third kappa shape index (κ3) is 3.86. The van der Waals surface area contributed by atoms with Crippen molar-refractivity contribution in [2.45, 2.75) is 13.0 Å². The summed E-state index contributed by atoms with van der Waals surface area (Å²) in [5.41, 5.74) is 0.925. The van der Waals surface area contributed by atoms with Crippen LogP contribution in [0.4, 0.5) is 4.79 Å². The van der Waals surface area contributed by atoms with Crippen molar-refractivity contribution >= 4 is 35.0 Å². The number of benzene rings is 1. The number of nitrogens with zero attached hydrogens (tertiary/aromatic N) is 1. The number of esters is 1. The maximum atomic E-state index is 12.3. The van der Waals surface area contributed by atoms with Crippen LogP contribution in [0.3, 0.4) is 0 Å². The zero-order valence-corrected chi connectivity index (χ0v) is 14.3. The van der Waals surface area contributed by atoms with Gasteiger partial charge in [-0.1, -0.05) is 24.3 Å². The summed E-state index contributed by atoms with van der Waals surface area (Å²) in [7, 11) is 2.81. The number of thioether (sulfide) groups is 1. The summed E-state index contributed by atoms with van der Waals surface area (Å²) in [5.74, 6) is -0.375. The topological polar surface area (TPSA) is 72.9 Å². The molecule has 0 bridgehead atoms. The van der Waals surface area contributed by atoms with Crippen LogP contribution in [0.25, 0.3) is 6.08 Å². The fraction of sp³-hybridized carbons (Fsp3) is 0.235. The lowest BCUT2D eigenvalue weighted by atomic mass is 10.2. The summed E-state index contributed by atoms with van der Waals surface area (Å²) in [6.45, 7) is 1.46. The first-order valence-electron chi connectivity index (χ1n) is 7.13. The Morgan fingerprint density at radius 3 is 2.46 bits per heavy atom. The Bertz CT molecular complexity index is 708. The van der Waals surface area contributed by atoms with Gasteiger partial charge in [0.1, 0.15) is 11.8 Å². The maximum Gasteiger partial charge on any atom is 0.328 e. The third-order valence-corrected chi connectivity index (χ3v) is 4.31. The van der Waals surface area contributed by atoms with Crippen LogP contribution in [-0.4, -0.2) is 42.3 Å². The molecule has 0 N–H and O–H groups in total. The molecule has 0 spiro atoms. The lowest BCUT2D eigenvalue weighted by molar-refractivity contribution is -0.148. The van der Waals surface area contributed by atoms with Crippen molar-refractivity contribution in [1.82, 2.24) is 4.90 Å². The van der Waals surface area contributed by atoms with E-state index < -0.39 is 23.2 Å². The lowest BCUT2D eigenvalue weighted by Gasteiger charge is -2.18. The molecular weight excluding hydrogens is 330 g/mol. The molecule has 1 fully saturated rings. The molecule has 1 aliphatic heterocycles. The van der Waals surface area contributed by atoms with E-state index in [2.05, 4.69) is 4.74 Å². The van der Waals surface area contributed by atoms with Gasteiger partial charge in [0.25, 0.3) is 11.1 Å². The van der Waals surface area contributed by atoms with Gasteiger partial charge in [0.15, 0.2) is 0 Å². The van der Waals surface area contributed by atoms with E-state index >= 15 is 0 Å². The highest BCUT2D eigenvalue weighted by atomic mass is 32.2. The second-order valence-corrected chi connectivity index (χ2v) is 5.90. The molecular formula is C17H17NO5S. The number of carbonyl (C=O) groups is 3.